The molecule has 2 N–H and O–H groups in total. The summed E-state index contributed by atoms with van der Waals surface area (Å²) < 4.78 is 11.1. The Hall–Kier alpha value is -1.46. The van der Waals surface area contributed by atoms with Crippen LogP contribution in [0.15, 0.2) is 48.5 Å². The van der Waals surface area contributed by atoms with Gasteiger partial charge in [-0.25, -0.2) is 0 Å². The van der Waals surface area contributed by atoms with Crippen LogP contribution in [0.4, 0.5) is 0 Å². The lowest BCUT2D eigenvalue weighted by Gasteiger charge is -2.14. The number of hydrogen-bond donors (Lipinski definition) is 2. The van der Waals surface area contributed by atoms with E-state index in [1.807, 2.05) is 48.5 Å². The van der Waals surface area contributed by atoms with E-state index in [2.05, 4.69) is 0 Å². The number of hydrogen-bond acceptors (Lipinski definition) is 4. The van der Waals surface area contributed by atoms with Gasteiger partial charge in [0.2, 0.25) is 0 Å². The Labute approximate surface area is 157 Å². The van der Waals surface area contributed by atoms with E-state index in [9.17, 15) is 10.2 Å². The van der Waals surface area contributed by atoms with E-state index in [0.29, 0.717) is 12.2 Å². The normalized spacial score (nSPS) is 13.3. The van der Waals surface area contributed by atoms with Gasteiger partial charge in [0.15, 0.2) is 0 Å². The minimum absolute atomic E-state index is 0.141. The first kappa shape index (κ1) is 19.9. The highest BCUT2D eigenvalue weighted by molar-refractivity contribution is 6.18. The summed E-state index contributed by atoms with van der Waals surface area (Å²) in [5.41, 5.74) is 2.12. The summed E-state index contributed by atoms with van der Waals surface area (Å²) in [5.74, 6) is 1.70. The fraction of sp³-hybridized carbons (Fsp3) is 0.368. The Morgan fingerprint density at radius 3 is 2.04 bits per heavy atom. The SMILES string of the molecule is OC(CCl)COc1ccc(Cc2ccccc2OCC(O)CCl)cc1. The quantitative estimate of drug-likeness (QED) is 0.617. The van der Waals surface area contributed by atoms with Gasteiger partial charge in [0.25, 0.3) is 0 Å². The van der Waals surface area contributed by atoms with Gasteiger partial charge in [0, 0.05) is 6.42 Å². The molecule has 0 aliphatic carbocycles. The number of benzene rings is 2. The van der Waals surface area contributed by atoms with Crippen molar-refractivity contribution in [3.8, 4) is 11.5 Å². The Morgan fingerprint density at radius 1 is 0.800 bits per heavy atom. The smallest absolute Gasteiger partial charge is 0.122 e. The lowest BCUT2D eigenvalue weighted by atomic mass is 10.0. The minimum atomic E-state index is -0.686. The molecule has 6 heteroatoms. The average Bonchev–Trinajstić information content (AvgIpc) is 2.66. The Bertz CT molecular complexity index is 634. The first-order valence-corrected chi connectivity index (χ1v) is 9.09. The molecule has 0 spiro atoms. The maximum Gasteiger partial charge on any atom is 0.122 e. The summed E-state index contributed by atoms with van der Waals surface area (Å²) in [5, 5.41) is 19.0. The van der Waals surface area contributed by atoms with E-state index in [1.165, 1.54) is 0 Å². The van der Waals surface area contributed by atoms with E-state index >= 15 is 0 Å². The Morgan fingerprint density at radius 2 is 1.40 bits per heavy atom. The molecule has 0 radical (unpaired) electrons. The van der Waals surface area contributed by atoms with Crippen molar-refractivity contribution >= 4 is 23.2 Å². The van der Waals surface area contributed by atoms with Gasteiger partial charge in [0.1, 0.15) is 36.9 Å². The van der Waals surface area contributed by atoms with Crippen LogP contribution in [0, 0.1) is 0 Å². The van der Waals surface area contributed by atoms with Crippen molar-refractivity contribution in [3.63, 3.8) is 0 Å². The molecule has 136 valence electrons. The minimum Gasteiger partial charge on any atom is -0.491 e. The molecule has 0 aliphatic heterocycles. The van der Waals surface area contributed by atoms with Crippen molar-refractivity contribution in [1.29, 1.82) is 0 Å². The van der Waals surface area contributed by atoms with Crippen molar-refractivity contribution in [3.05, 3.63) is 59.7 Å². The average molecular weight is 385 g/mol. The number of alkyl halides is 2. The number of aliphatic hydroxyl groups is 2. The maximum atomic E-state index is 9.54. The third-order valence-electron chi connectivity index (χ3n) is 3.52. The number of rotatable bonds is 10. The molecule has 0 bridgehead atoms. The van der Waals surface area contributed by atoms with Crippen molar-refractivity contribution in [2.24, 2.45) is 0 Å². The zero-order valence-electron chi connectivity index (χ0n) is 13.8. The molecular weight excluding hydrogens is 363 g/mol. The molecule has 0 aliphatic rings. The summed E-state index contributed by atoms with van der Waals surface area (Å²) in [6, 6.07) is 15.4. The van der Waals surface area contributed by atoms with Gasteiger partial charge in [-0.15, -0.1) is 23.2 Å². The van der Waals surface area contributed by atoms with Crippen molar-refractivity contribution in [1.82, 2.24) is 0 Å². The Balaban J connectivity index is 1.97. The van der Waals surface area contributed by atoms with Crippen LogP contribution in [0.25, 0.3) is 0 Å². The van der Waals surface area contributed by atoms with Crippen LogP contribution >= 0.6 is 23.2 Å². The monoisotopic (exact) mass is 384 g/mol. The summed E-state index contributed by atoms with van der Waals surface area (Å²) in [6.45, 7) is 0.332. The molecule has 4 nitrogen and oxygen atoms in total. The lowest BCUT2D eigenvalue weighted by molar-refractivity contribution is 0.125. The molecule has 0 heterocycles. The van der Waals surface area contributed by atoms with Gasteiger partial charge in [-0.1, -0.05) is 30.3 Å². The number of halogens is 2. The number of ether oxygens (including phenoxy) is 2. The molecule has 25 heavy (non-hydrogen) atoms. The number of para-hydroxylation sites is 1. The third-order valence-corrected chi connectivity index (χ3v) is 4.23. The largest absolute Gasteiger partial charge is 0.491 e. The first-order valence-electron chi connectivity index (χ1n) is 8.03. The van der Waals surface area contributed by atoms with Gasteiger partial charge in [-0.2, -0.15) is 0 Å². The third kappa shape index (κ3) is 6.75. The van der Waals surface area contributed by atoms with E-state index in [0.717, 1.165) is 16.9 Å². The molecule has 2 rings (SSSR count). The molecule has 2 atom stereocenters. The van der Waals surface area contributed by atoms with Crippen molar-refractivity contribution in [2.45, 2.75) is 18.6 Å². The molecule has 0 saturated carbocycles. The van der Waals surface area contributed by atoms with E-state index in [1.54, 1.807) is 0 Å². The predicted molar refractivity (Wildman–Crippen MR) is 100 cm³/mol. The van der Waals surface area contributed by atoms with Gasteiger partial charge < -0.3 is 19.7 Å². The molecule has 2 aromatic carbocycles. The fourth-order valence-electron chi connectivity index (χ4n) is 2.18. The van der Waals surface area contributed by atoms with Crippen LogP contribution in [0.5, 0.6) is 11.5 Å². The fourth-order valence-corrected chi connectivity index (χ4v) is 2.36. The molecule has 0 fully saturated rings. The van der Waals surface area contributed by atoms with E-state index in [-0.39, 0.29) is 25.0 Å². The maximum absolute atomic E-state index is 9.54. The highest BCUT2D eigenvalue weighted by atomic mass is 35.5. The summed E-state index contributed by atoms with van der Waals surface area (Å²) >= 11 is 11.1. The molecule has 0 amide bonds. The molecule has 2 aromatic rings. The van der Waals surface area contributed by atoms with Gasteiger partial charge in [-0.3, -0.25) is 0 Å². The lowest BCUT2D eigenvalue weighted by Crippen LogP contribution is -2.19. The van der Waals surface area contributed by atoms with Gasteiger partial charge in [0.05, 0.1) is 11.8 Å². The zero-order valence-corrected chi connectivity index (χ0v) is 15.3. The molecule has 0 saturated heterocycles. The van der Waals surface area contributed by atoms with Crippen LogP contribution in [0.1, 0.15) is 11.1 Å². The zero-order chi connectivity index (χ0) is 18.1. The van der Waals surface area contributed by atoms with Crippen molar-refractivity contribution < 1.29 is 19.7 Å². The van der Waals surface area contributed by atoms with Gasteiger partial charge in [-0.05, 0) is 29.3 Å². The highest BCUT2D eigenvalue weighted by Crippen LogP contribution is 2.23. The van der Waals surface area contributed by atoms with Crippen molar-refractivity contribution in [2.75, 3.05) is 25.0 Å². The van der Waals surface area contributed by atoms with E-state index < -0.39 is 12.2 Å². The second-order valence-corrected chi connectivity index (χ2v) is 6.28. The van der Waals surface area contributed by atoms with Crippen LogP contribution in [-0.2, 0) is 6.42 Å². The predicted octanol–water partition coefficient (Wildman–Crippen LogP) is 3.23. The Kier molecular flexibility index (Phi) is 8.35. The van der Waals surface area contributed by atoms with Gasteiger partial charge >= 0.3 is 0 Å². The van der Waals surface area contributed by atoms with Crippen LogP contribution < -0.4 is 9.47 Å². The summed E-state index contributed by atoms with van der Waals surface area (Å²) in [6.07, 6.45) is -0.666. The highest BCUT2D eigenvalue weighted by Gasteiger charge is 2.08. The molecule has 0 aromatic heterocycles. The van der Waals surface area contributed by atoms with Crippen LogP contribution in [0.3, 0.4) is 0 Å². The topological polar surface area (TPSA) is 58.9 Å². The second kappa shape index (κ2) is 10.5. The number of aliphatic hydroxyl groups excluding tert-OH is 2. The van der Waals surface area contributed by atoms with Crippen LogP contribution in [0.2, 0.25) is 0 Å². The molecular formula is C19H22Cl2O4. The standard InChI is InChI=1S/C19H22Cl2O4/c20-10-16(22)12-24-18-7-5-14(6-8-18)9-15-3-1-2-4-19(15)25-13-17(23)11-21/h1-8,16-17,22-23H,9-13H2. The van der Waals surface area contributed by atoms with E-state index in [4.69, 9.17) is 32.7 Å². The second-order valence-electron chi connectivity index (χ2n) is 5.67. The summed E-state index contributed by atoms with van der Waals surface area (Å²) in [4.78, 5) is 0. The molecule has 2 unspecified atom stereocenters. The van der Waals surface area contributed by atoms with Crippen LogP contribution in [-0.4, -0.2) is 47.4 Å². The first-order chi connectivity index (χ1) is 12.1. The summed E-state index contributed by atoms with van der Waals surface area (Å²) in [7, 11) is 0.